The van der Waals surface area contributed by atoms with Gasteiger partial charge in [0.05, 0.1) is 6.10 Å². The highest BCUT2D eigenvalue weighted by atomic mass is 16.5. The zero-order chi connectivity index (χ0) is 11.5. The van der Waals surface area contributed by atoms with Crippen LogP contribution >= 0.6 is 0 Å². The van der Waals surface area contributed by atoms with Crippen molar-refractivity contribution in [2.45, 2.75) is 51.8 Å². The van der Waals surface area contributed by atoms with Crippen molar-refractivity contribution in [3.8, 4) is 0 Å². The Balaban J connectivity index is 1.86. The minimum absolute atomic E-state index is 0.433. The summed E-state index contributed by atoms with van der Waals surface area (Å²) in [6, 6.07) is 1.39. The minimum Gasteiger partial charge on any atom is -0.377 e. The molecule has 2 saturated heterocycles. The Morgan fingerprint density at radius 2 is 2.12 bits per heavy atom. The van der Waals surface area contributed by atoms with Gasteiger partial charge in [-0.15, -0.1) is 0 Å². The van der Waals surface area contributed by atoms with Crippen molar-refractivity contribution in [3.63, 3.8) is 0 Å². The Morgan fingerprint density at radius 3 is 2.69 bits per heavy atom. The molecule has 0 spiro atoms. The quantitative estimate of drug-likeness (QED) is 0.789. The Kier molecular flexibility index (Phi) is 4.22. The molecule has 0 amide bonds. The van der Waals surface area contributed by atoms with Crippen molar-refractivity contribution in [2.24, 2.45) is 5.92 Å². The van der Waals surface area contributed by atoms with Gasteiger partial charge in [0, 0.05) is 31.8 Å². The standard InChI is InChI=1S/C13H26N2O/c1-4-14-12-5-7-15(9-10(12)2)13-6-8-16-11(13)3/h10-14H,4-9H2,1-3H3. The molecule has 3 nitrogen and oxygen atoms in total. The predicted molar refractivity (Wildman–Crippen MR) is 66.6 cm³/mol. The summed E-state index contributed by atoms with van der Waals surface area (Å²) in [5.41, 5.74) is 0. The van der Waals surface area contributed by atoms with E-state index in [9.17, 15) is 0 Å². The summed E-state index contributed by atoms with van der Waals surface area (Å²) in [6.07, 6.45) is 2.95. The van der Waals surface area contributed by atoms with E-state index in [-0.39, 0.29) is 0 Å². The number of ether oxygens (including phenoxy) is 1. The predicted octanol–water partition coefficient (Wildman–Crippen LogP) is 1.48. The normalized spacial score (nSPS) is 41.4. The number of nitrogens with zero attached hydrogens (tertiary/aromatic N) is 1. The zero-order valence-corrected chi connectivity index (χ0v) is 10.9. The first-order valence-electron chi connectivity index (χ1n) is 6.81. The molecule has 0 aromatic carbocycles. The van der Waals surface area contributed by atoms with E-state index in [4.69, 9.17) is 4.74 Å². The fourth-order valence-electron chi connectivity index (χ4n) is 3.24. The van der Waals surface area contributed by atoms with E-state index in [2.05, 4.69) is 31.0 Å². The molecule has 0 radical (unpaired) electrons. The average molecular weight is 226 g/mol. The third-order valence-corrected chi connectivity index (χ3v) is 4.21. The number of rotatable bonds is 3. The average Bonchev–Trinajstić information content (AvgIpc) is 2.68. The summed E-state index contributed by atoms with van der Waals surface area (Å²) in [7, 11) is 0. The van der Waals surface area contributed by atoms with E-state index in [0.29, 0.717) is 12.1 Å². The van der Waals surface area contributed by atoms with Gasteiger partial charge in [-0.05, 0) is 32.2 Å². The molecule has 2 aliphatic rings. The van der Waals surface area contributed by atoms with Crippen molar-refractivity contribution in [1.82, 2.24) is 10.2 Å². The van der Waals surface area contributed by atoms with Gasteiger partial charge in [0.25, 0.3) is 0 Å². The summed E-state index contributed by atoms with van der Waals surface area (Å²) in [4.78, 5) is 2.65. The van der Waals surface area contributed by atoms with Gasteiger partial charge in [0.1, 0.15) is 0 Å². The second-order valence-corrected chi connectivity index (χ2v) is 5.36. The molecule has 16 heavy (non-hydrogen) atoms. The largest absolute Gasteiger partial charge is 0.377 e. The lowest BCUT2D eigenvalue weighted by Crippen LogP contribution is -2.52. The van der Waals surface area contributed by atoms with Crippen molar-refractivity contribution in [2.75, 3.05) is 26.2 Å². The van der Waals surface area contributed by atoms with Gasteiger partial charge < -0.3 is 10.1 Å². The maximum absolute atomic E-state index is 5.67. The molecule has 0 saturated carbocycles. The molecule has 4 unspecified atom stereocenters. The highest BCUT2D eigenvalue weighted by Crippen LogP contribution is 2.25. The zero-order valence-electron chi connectivity index (χ0n) is 10.9. The van der Waals surface area contributed by atoms with Gasteiger partial charge in [-0.2, -0.15) is 0 Å². The molecule has 0 aromatic rings. The molecule has 3 heteroatoms. The van der Waals surface area contributed by atoms with Crippen molar-refractivity contribution in [3.05, 3.63) is 0 Å². The van der Waals surface area contributed by atoms with Crippen LogP contribution in [0.2, 0.25) is 0 Å². The van der Waals surface area contributed by atoms with Gasteiger partial charge in [-0.1, -0.05) is 13.8 Å². The number of nitrogens with one attached hydrogen (secondary N) is 1. The highest BCUT2D eigenvalue weighted by Gasteiger charge is 2.34. The summed E-state index contributed by atoms with van der Waals surface area (Å²) < 4.78 is 5.67. The van der Waals surface area contributed by atoms with Crippen LogP contribution < -0.4 is 5.32 Å². The summed E-state index contributed by atoms with van der Waals surface area (Å²) in [5, 5.41) is 3.60. The van der Waals surface area contributed by atoms with Crippen LogP contribution in [0.4, 0.5) is 0 Å². The van der Waals surface area contributed by atoms with Gasteiger partial charge >= 0.3 is 0 Å². The first-order chi connectivity index (χ1) is 7.72. The lowest BCUT2D eigenvalue weighted by molar-refractivity contribution is 0.0467. The summed E-state index contributed by atoms with van der Waals surface area (Å²) in [5.74, 6) is 0.765. The Morgan fingerprint density at radius 1 is 1.31 bits per heavy atom. The van der Waals surface area contributed by atoms with Crippen LogP contribution in [0.25, 0.3) is 0 Å². The van der Waals surface area contributed by atoms with Crippen LogP contribution in [0.5, 0.6) is 0 Å². The molecule has 2 rings (SSSR count). The van der Waals surface area contributed by atoms with E-state index in [1.807, 2.05) is 0 Å². The van der Waals surface area contributed by atoms with Crippen molar-refractivity contribution in [1.29, 1.82) is 0 Å². The van der Waals surface area contributed by atoms with Crippen LogP contribution in [-0.2, 0) is 4.74 Å². The van der Waals surface area contributed by atoms with E-state index in [1.54, 1.807) is 0 Å². The van der Waals surface area contributed by atoms with E-state index in [1.165, 1.54) is 25.9 Å². The van der Waals surface area contributed by atoms with Crippen molar-refractivity contribution >= 4 is 0 Å². The smallest absolute Gasteiger partial charge is 0.0703 e. The minimum atomic E-state index is 0.433. The van der Waals surface area contributed by atoms with Gasteiger partial charge in [-0.25, -0.2) is 0 Å². The second kappa shape index (κ2) is 5.48. The molecule has 0 aliphatic carbocycles. The van der Waals surface area contributed by atoms with Gasteiger partial charge in [-0.3, -0.25) is 4.90 Å². The maximum atomic E-state index is 5.67. The molecule has 2 fully saturated rings. The molecule has 0 bridgehead atoms. The first kappa shape index (κ1) is 12.3. The molecule has 2 heterocycles. The Hall–Kier alpha value is -0.120. The molecule has 0 aromatic heterocycles. The van der Waals surface area contributed by atoms with E-state index < -0.39 is 0 Å². The molecule has 1 N–H and O–H groups in total. The maximum Gasteiger partial charge on any atom is 0.0703 e. The highest BCUT2D eigenvalue weighted by molar-refractivity contribution is 4.89. The number of piperidine rings is 1. The Labute approximate surface area is 99.5 Å². The van der Waals surface area contributed by atoms with Crippen molar-refractivity contribution < 1.29 is 4.74 Å². The van der Waals surface area contributed by atoms with Crippen LogP contribution in [0, 0.1) is 5.92 Å². The third-order valence-electron chi connectivity index (χ3n) is 4.21. The van der Waals surface area contributed by atoms with E-state index >= 15 is 0 Å². The summed E-state index contributed by atoms with van der Waals surface area (Å²) >= 11 is 0. The third kappa shape index (κ3) is 2.58. The van der Waals surface area contributed by atoms with Crippen LogP contribution in [0.3, 0.4) is 0 Å². The molecule has 4 atom stereocenters. The summed E-state index contributed by atoms with van der Waals surface area (Å²) in [6.45, 7) is 11.3. The fourth-order valence-corrected chi connectivity index (χ4v) is 3.24. The molecule has 94 valence electrons. The molecule has 2 aliphatic heterocycles. The lowest BCUT2D eigenvalue weighted by Gasteiger charge is -2.41. The van der Waals surface area contributed by atoms with Gasteiger partial charge in [0.15, 0.2) is 0 Å². The number of hydrogen-bond donors (Lipinski definition) is 1. The second-order valence-electron chi connectivity index (χ2n) is 5.36. The molecular weight excluding hydrogens is 200 g/mol. The monoisotopic (exact) mass is 226 g/mol. The first-order valence-corrected chi connectivity index (χ1v) is 6.81. The molecular formula is C13H26N2O. The topological polar surface area (TPSA) is 24.5 Å². The SMILES string of the molecule is CCNC1CCN(C2CCOC2C)CC1C. The van der Waals surface area contributed by atoms with Gasteiger partial charge in [0.2, 0.25) is 0 Å². The lowest BCUT2D eigenvalue weighted by atomic mass is 9.92. The number of likely N-dealkylation sites (tertiary alicyclic amines) is 1. The van der Waals surface area contributed by atoms with Crippen LogP contribution in [-0.4, -0.2) is 49.3 Å². The number of hydrogen-bond acceptors (Lipinski definition) is 3. The van der Waals surface area contributed by atoms with Crippen LogP contribution in [0.1, 0.15) is 33.6 Å². The fraction of sp³-hybridized carbons (Fsp3) is 1.00. The van der Waals surface area contributed by atoms with Crippen LogP contribution in [0.15, 0.2) is 0 Å². The Bertz CT molecular complexity index is 222. The van der Waals surface area contributed by atoms with E-state index in [0.717, 1.165) is 25.1 Å².